The van der Waals surface area contributed by atoms with Crippen LogP contribution in [-0.2, 0) is 9.59 Å². The van der Waals surface area contributed by atoms with E-state index >= 15 is 0 Å². The average Bonchev–Trinajstić information content (AvgIpc) is 3.25. The lowest BCUT2D eigenvalue weighted by Crippen LogP contribution is -2.49. The van der Waals surface area contributed by atoms with Gasteiger partial charge in [0.2, 0.25) is 5.91 Å². The number of carbonyl (C=O) groups excluding carboxylic acids is 3. The summed E-state index contributed by atoms with van der Waals surface area (Å²) in [5.41, 5.74) is 0.525. The van der Waals surface area contributed by atoms with Gasteiger partial charge >= 0.3 is 0 Å². The van der Waals surface area contributed by atoms with Gasteiger partial charge in [0.1, 0.15) is 6.04 Å². The van der Waals surface area contributed by atoms with E-state index < -0.39 is 6.04 Å². The van der Waals surface area contributed by atoms with Gasteiger partial charge in [-0.2, -0.15) is 0 Å². The van der Waals surface area contributed by atoms with Crippen molar-refractivity contribution in [3.05, 3.63) is 52.0 Å². The lowest BCUT2D eigenvalue weighted by atomic mass is 10.1. The summed E-state index contributed by atoms with van der Waals surface area (Å²) in [4.78, 5) is 41.1. The number of nitrogens with zero attached hydrogens (tertiary/aromatic N) is 2. The lowest BCUT2D eigenvalue weighted by Gasteiger charge is -2.32. The number of imide groups is 1. The van der Waals surface area contributed by atoms with Gasteiger partial charge in [-0.25, -0.2) is 4.90 Å². The van der Waals surface area contributed by atoms with E-state index in [-0.39, 0.29) is 35.9 Å². The van der Waals surface area contributed by atoms with Crippen LogP contribution in [0.4, 0.5) is 5.69 Å². The van der Waals surface area contributed by atoms with Crippen LogP contribution in [0.25, 0.3) is 0 Å². The molecule has 1 aromatic heterocycles. The molecule has 1 fully saturated rings. The van der Waals surface area contributed by atoms with Crippen molar-refractivity contribution in [3.8, 4) is 0 Å². The van der Waals surface area contributed by atoms with E-state index in [1.165, 1.54) is 16.1 Å². The van der Waals surface area contributed by atoms with Crippen molar-refractivity contribution in [1.29, 1.82) is 0 Å². The molecule has 2 unspecified atom stereocenters. The zero-order valence-corrected chi connectivity index (χ0v) is 16.7. The number of hydrogen-bond acceptors (Lipinski definition) is 4. The summed E-state index contributed by atoms with van der Waals surface area (Å²) < 4.78 is 6.23. The molecule has 1 aliphatic heterocycles. The Bertz CT molecular complexity index is 817. The number of carbonyl (C=O) groups is 3. The Morgan fingerprint density at radius 2 is 2.00 bits per heavy atom. The van der Waals surface area contributed by atoms with E-state index in [4.69, 9.17) is 4.42 Å². The van der Waals surface area contributed by atoms with Crippen molar-refractivity contribution in [2.45, 2.75) is 38.8 Å². The molecule has 2 atom stereocenters. The Labute approximate surface area is 165 Å². The zero-order chi connectivity index (χ0) is 18.8. The van der Waals surface area contributed by atoms with E-state index in [1.54, 1.807) is 24.3 Å². The summed E-state index contributed by atoms with van der Waals surface area (Å²) in [7, 11) is 0. The molecule has 1 saturated heterocycles. The normalized spacial score (nSPS) is 18.3. The monoisotopic (exact) mass is 466 g/mol. The SMILES string of the molecule is CCC(C)N(C(=O)c1ccco1)C1CC(=O)N(c2ccc(I)cc2)C1=O. The summed E-state index contributed by atoms with van der Waals surface area (Å²) in [5.74, 6) is -0.892. The number of anilines is 1. The summed E-state index contributed by atoms with van der Waals surface area (Å²) in [6.07, 6.45) is 2.05. The molecular formula is C19H19IN2O4. The van der Waals surface area contributed by atoms with Crippen molar-refractivity contribution < 1.29 is 18.8 Å². The third-order valence-electron chi connectivity index (χ3n) is 4.58. The molecule has 0 N–H and O–H groups in total. The van der Waals surface area contributed by atoms with Crippen LogP contribution < -0.4 is 4.90 Å². The third kappa shape index (κ3) is 3.40. The highest BCUT2D eigenvalue weighted by atomic mass is 127. The van der Waals surface area contributed by atoms with Crippen LogP contribution in [0, 0.1) is 3.57 Å². The Morgan fingerprint density at radius 3 is 2.58 bits per heavy atom. The minimum Gasteiger partial charge on any atom is -0.459 e. The highest BCUT2D eigenvalue weighted by Gasteiger charge is 2.46. The van der Waals surface area contributed by atoms with Crippen LogP contribution in [0.1, 0.15) is 37.2 Å². The van der Waals surface area contributed by atoms with Gasteiger partial charge in [-0.05, 0) is 72.3 Å². The topological polar surface area (TPSA) is 70.8 Å². The summed E-state index contributed by atoms with van der Waals surface area (Å²) >= 11 is 2.16. The second kappa shape index (κ2) is 7.61. The molecule has 3 amide bonds. The fraction of sp³-hybridized carbons (Fsp3) is 0.316. The molecule has 136 valence electrons. The first-order valence-electron chi connectivity index (χ1n) is 8.42. The molecule has 0 aliphatic carbocycles. The highest BCUT2D eigenvalue weighted by molar-refractivity contribution is 14.1. The fourth-order valence-corrected chi connectivity index (χ4v) is 3.43. The molecule has 0 radical (unpaired) electrons. The van der Waals surface area contributed by atoms with Gasteiger partial charge < -0.3 is 9.32 Å². The summed E-state index contributed by atoms with van der Waals surface area (Å²) in [6.45, 7) is 3.80. The molecule has 26 heavy (non-hydrogen) atoms. The Balaban J connectivity index is 1.93. The van der Waals surface area contributed by atoms with Gasteiger partial charge in [0.05, 0.1) is 18.4 Å². The van der Waals surface area contributed by atoms with E-state index in [0.29, 0.717) is 12.1 Å². The van der Waals surface area contributed by atoms with Crippen LogP contribution >= 0.6 is 22.6 Å². The molecular weight excluding hydrogens is 447 g/mol. The Hall–Kier alpha value is -2.16. The first kappa shape index (κ1) is 18.6. The van der Waals surface area contributed by atoms with Crippen LogP contribution in [0.5, 0.6) is 0 Å². The second-order valence-electron chi connectivity index (χ2n) is 6.21. The van der Waals surface area contributed by atoms with Crippen LogP contribution in [0.15, 0.2) is 47.1 Å². The van der Waals surface area contributed by atoms with Gasteiger partial charge in [0, 0.05) is 9.61 Å². The molecule has 3 rings (SSSR count). The molecule has 1 aromatic carbocycles. The maximum Gasteiger partial charge on any atom is 0.290 e. The number of rotatable bonds is 5. The molecule has 0 bridgehead atoms. The molecule has 7 heteroatoms. The predicted molar refractivity (Wildman–Crippen MR) is 105 cm³/mol. The van der Waals surface area contributed by atoms with Crippen molar-refractivity contribution in [1.82, 2.24) is 4.90 Å². The quantitative estimate of drug-likeness (QED) is 0.500. The predicted octanol–water partition coefficient (Wildman–Crippen LogP) is 3.46. The number of hydrogen-bond donors (Lipinski definition) is 0. The molecule has 6 nitrogen and oxygen atoms in total. The van der Waals surface area contributed by atoms with Gasteiger partial charge in [0.25, 0.3) is 11.8 Å². The Morgan fingerprint density at radius 1 is 1.31 bits per heavy atom. The van der Waals surface area contributed by atoms with E-state index in [2.05, 4.69) is 22.6 Å². The van der Waals surface area contributed by atoms with Crippen molar-refractivity contribution >= 4 is 46.0 Å². The van der Waals surface area contributed by atoms with Gasteiger partial charge in [-0.15, -0.1) is 0 Å². The zero-order valence-electron chi connectivity index (χ0n) is 14.5. The summed E-state index contributed by atoms with van der Waals surface area (Å²) in [5, 5.41) is 0. The molecule has 0 saturated carbocycles. The maximum absolute atomic E-state index is 13.0. The van der Waals surface area contributed by atoms with Gasteiger partial charge in [-0.3, -0.25) is 14.4 Å². The molecule has 2 heterocycles. The van der Waals surface area contributed by atoms with Gasteiger partial charge in [0.15, 0.2) is 5.76 Å². The lowest BCUT2D eigenvalue weighted by molar-refractivity contribution is -0.122. The van der Waals surface area contributed by atoms with Gasteiger partial charge in [-0.1, -0.05) is 6.92 Å². The minimum absolute atomic E-state index is 0.0262. The van der Waals surface area contributed by atoms with Crippen LogP contribution in [0.3, 0.4) is 0 Å². The first-order chi connectivity index (χ1) is 12.4. The summed E-state index contributed by atoms with van der Waals surface area (Å²) in [6, 6.07) is 9.32. The number of halogens is 1. The second-order valence-corrected chi connectivity index (χ2v) is 7.46. The van der Waals surface area contributed by atoms with Crippen molar-refractivity contribution in [2.24, 2.45) is 0 Å². The maximum atomic E-state index is 13.0. The van der Waals surface area contributed by atoms with Crippen LogP contribution in [0.2, 0.25) is 0 Å². The number of amides is 3. The third-order valence-corrected chi connectivity index (χ3v) is 5.29. The molecule has 1 aliphatic rings. The number of benzene rings is 1. The van der Waals surface area contributed by atoms with Crippen LogP contribution in [-0.4, -0.2) is 34.7 Å². The van der Waals surface area contributed by atoms with Crippen molar-refractivity contribution in [3.63, 3.8) is 0 Å². The molecule has 0 spiro atoms. The van der Waals surface area contributed by atoms with Crippen molar-refractivity contribution in [2.75, 3.05) is 4.90 Å². The Kier molecular flexibility index (Phi) is 5.45. The van der Waals surface area contributed by atoms with E-state index in [0.717, 1.165) is 3.57 Å². The highest BCUT2D eigenvalue weighted by Crippen LogP contribution is 2.29. The average molecular weight is 466 g/mol. The largest absolute Gasteiger partial charge is 0.459 e. The van der Waals surface area contributed by atoms with E-state index in [1.807, 2.05) is 26.0 Å². The minimum atomic E-state index is -0.825. The molecule has 2 aromatic rings. The fourth-order valence-electron chi connectivity index (χ4n) is 3.07. The smallest absolute Gasteiger partial charge is 0.290 e. The van der Waals surface area contributed by atoms with E-state index in [9.17, 15) is 14.4 Å². The first-order valence-corrected chi connectivity index (χ1v) is 9.50. The number of furan rings is 1. The standard InChI is InChI=1S/C19H19IN2O4/c1-3-12(2)21(19(25)16-5-4-10-26-16)15-11-17(23)22(18(15)24)14-8-6-13(20)7-9-14/h4-10,12,15H,3,11H2,1-2H3.